The third kappa shape index (κ3) is 2.94. The SMILES string of the molecule is CC(=O)O[C@@H]1CC[C@@]2(C)[C@H](CC[C@@H]3[C@H]2[C@@H](O)C[C@]24[C@H](O)O[C@]5(C)[C@H]2[C@H](C[C@H]34)O[C@]52C[C@H](C)C(C)(C)O2)C1. The maximum Gasteiger partial charge on any atom is 0.302 e. The molecule has 7 aliphatic rings. The molecule has 0 aromatic rings. The van der Waals surface area contributed by atoms with Crippen molar-refractivity contribution in [2.24, 2.45) is 46.3 Å². The largest absolute Gasteiger partial charge is 0.463 e. The Morgan fingerprint density at radius 3 is 2.43 bits per heavy atom. The first kappa shape index (κ1) is 25.3. The van der Waals surface area contributed by atoms with E-state index in [2.05, 4.69) is 34.6 Å². The van der Waals surface area contributed by atoms with Crippen LogP contribution in [0.2, 0.25) is 0 Å². The zero-order chi connectivity index (χ0) is 26.3. The van der Waals surface area contributed by atoms with Gasteiger partial charge in [0.15, 0.2) is 12.1 Å². The molecule has 0 unspecified atom stereocenters. The Hall–Kier alpha value is -0.730. The standard InChI is InChI=1S/C30H46O7/c1-15-13-30(37-26(15,3)4)28(6)24-22(35-30)12-20-19-8-7-17-11-18(34-16(2)31)9-10-27(17,5)23(19)21(32)14-29(20,24)25(33)36-28/h15,17-25,32-33H,7-14H2,1-6H3/t15-,17+,18+,19-,20+,21-,22-,23-,24+,25+,27-,28+,29+,30-/m0/s1. The van der Waals surface area contributed by atoms with Gasteiger partial charge < -0.3 is 29.2 Å². The first-order valence-electron chi connectivity index (χ1n) is 14.9. The lowest BCUT2D eigenvalue weighted by atomic mass is 9.43. The monoisotopic (exact) mass is 518 g/mol. The smallest absolute Gasteiger partial charge is 0.302 e. The quantitative estimate of drug-likeness (QED) is 0.503. The topological polar surface area (TPSA) is 94.5 Å². The van der Waals surface area contributed by atoms with Crippen molar-refractivity contribution in [2.45, 2.75) is 135 Å². The van der Waals surface area contributed by atoms with E-state index in [1.807, 2.05) is 0 Å². The summed E-state index contributed by atoms with van der Waals surface area (Å²) >= 11 is 0. The van der Waals surface area contributed by atoms with E-state index in [1.165, 1.54) is 6.92 Å². The summed E-state index contributed by atoms with van der Waals surface area (Å²) in [5.41, 5.74) is -1.53. The van der Waals surface area contributed by atoms with Crippen LogP contribution in [0.25, 0.3) is 0 Å². The van der Waals surface area contributed by atoms with Crippen molar-refractivity contribution in [1.29, 1.82) is 0 Å². The van der Waals surface area contributed by atoms with Gasteiger partial charge in [-0.15, -0.1) is 0 Å². The average molecular weight is 519 g/mol. The predicted octanol–water partition coefficient (Wildman–Crippen LogP) is 4.18. The van der Waals surface area contributed by atoms with Crippen LogP contribution in [0.4, 0.5) is 0 Å². The second kappa shape index (κ2) is 7.51. The van der Waals surface area contributed by atoms with Gasteiger partial charge in [0.1, 0.15) is 11.7 Å². The highest BCUT2D eigenvalue weighted by Gasteiger charge is 2.84. The maximum absolute atomic E-state index is 12.0. The average Bonchev–Trinajstić information content (AvgIpc) is 3.39. The van der Waals surface area contributed by atoms with Crippen LogP contribution in [-0.2, 0) is 23.7 Å². The Labute approximate surface area is 220 Å². The Morgan fingerprint density at radius 2 is 1.76 bits per heavy atom. The third-order valence-electron chi connectivity index (χ3n) is 13.2. The number of carbonyl (C=O) groups excluding carboxylic acids is 1. The van der Waals surface area contributed by atoms with E-state index < -0.39 is 29.2 Å². The van der Waals surface area contributed by atoms with E-state index in [0.717, 1.165) is 44.9 Å². The number of aliphatic hydroxyl groups is 2. The molecule has 208 valence electrons. The van der Waals surface area contributed by atoms with Gasteiger partial charge in [-0.05, 0) is 101 Å². The molecule has 7 heteroatoms. The van der Waals surface area contributed by atoms with Crippen LogP contribution in [0.15, 0.2) is 0 Å². The van der Waals surface area contributed by atoms with E-state index in [4.69, 9.17) is 18.9 Å². The number of ether oxygens (including phenoxy) is 4. The van der Waals surface area contributed by atoms with E-state index in [9.17, 15) is 15.0 Å². The van der Waals surface area contributed by atoms with Crippen LogP contribution in [0.1, 0.15) is 92.9 Å². The minimum Gasteiger partial charge on any atom is -0.463 e. The molecule has 0 bridgehead atoms. The summed E-state index contributed by atoms with van der Waals surface area (Å²) in [7, 11) is 0. The molecule has 0 aromatic heterocycles. The summed E-state index contributed by atoms with van der Waals surface area (Å²) in [6.07, 6.45) is 5.65. The molecule has 4 aliphatic carbocycles. The van der Waals surface area contributed by atoms with Gasteiger partial charge in [0, 0.05) is 24.7 Å². The van der Waals surface area contributed by atoms with Gasteiger partial charge in [0.25, 0.3) is 0 Å². The lowest BCUT2D eigenvalue weighted by Gasteiger charge is -2.62. The lowest BCUT2D eigenvalue weighted by molar-refractivity contribution is -0.315. The Kier molecular flexibility index (Phi) is 5.13. The second-order valence-corrected chi connectivity index (χ2v) is 15.0. The first-order valence-corrected chi connectivity index (χ1v) is 14.9. The van der Waals surface area contributed by atoms with Gasteiger partial charge in [-0.3, -0.25) is 4.79 Å². The summed E-state index contributed by atoms with van der Waals surface area (Å²) < 4.78 is 25.8. The van der Waals surface area contributed by atoms with Crippen LogP contribution in [-0.4, -0.2) is 57.8 Å². The van der Waals surface area contributed by atoms with Crippen molar-refractivity contribution in [1.82, 2.24) is 0 Å². The van der Waals surface area contributed by atoms with Gasteiger partial charge in [-0.2, -0.15) is 0 Å². The molecule has 2 spiro atoms. The summed E-state index contributed by atoms with van der Waals surface area (Å²) in [4.78, 5) is 11.6. The van der Waals surface area contributed by atoms with E-state index in [1.54, 1.807) is 0 Å². The molecule has 37 heavy (non-hydrogen) atoms. The molecule has 0 amide bonds. The van der Waals surface area contributed by atoms with Gasteiger partial charge >= 0.3 is 5.97 Å². The number of esters is 1. The van der Waals surface area contributed by atoms with Crippen molar-refractivity contribution in [3.63, 3.8) is 0 Å². The van der Waals surface area contributed by atoms with Crippen molar-refractivity contribution in [2.75, 3.05) is 0 Å². The predicted molar refractivity (Wildman–Crippen MR) is 134 cm³/mol. The van der Waals surface area contributed by atoms with Crippen molar-refractivity contribution in [3.05, 3.63) is 0 Å². The fourth-order valence-corrected chi connectivity index (χ4v) is 11.5. The number of hydrogen-bond acceptors (Lipinski definition) is 7. The second-order valence-electron chi connectivity index (χ2n) is 15.0. The van der Waals surface area contributed by atoms with Crippen LogP contribution in [0.3, 0.4) is 0 Å². The molecule has 3 saturated heterocycles. The fourth-order valence-electron chi connectivity index (χ4n) is 11.5. The highest BCUT2D eigenvalue weighted by atomic mass is 16.8. The third-order valence-corrected chi connectivity index (χ3v) is 13.2. The number of carbonyl (C=O) groups is 1. The zero-order valence-electron chi connectivity index (χ0n) is 23.4. The molecule has 0 aromatic carbocycles. The van der Waals surface area contributed by atoms with Gasteiger partial charge in [0.2, 0.25) is 0 Å². The summed E-state index contributed by atoms with van der Waals surface area (Å²) in [6, 6.07) is 0. The van der Waals surface area contributed by atoms with Gasteiger partial charge in [0.05, 0.1) is 17.8 Å². The highest BCUT2D eigenvalue weighted by Crippen LogP contribution is 2.77. The molecule has 2 N–H and O–H groups in total. The molecule has 7 fully saturated rings. The van der Waals surface area contributed by atoms with Gasteiger partial charge in [-0.25, -0.2) is 0 Å². The van der Waals surface area contributed by atoms with Crippen LogP contribution >= 0.6 is 0 Å². The molecule has 4 saturated carbocycles. The van der Waals surface area contributed by atoms with Crippen molar-refractivity contribution in [3.8, 4) is 0 Å². The highest BCUT2D eigenvalue weighted by molar-refractivity contribution is 5.66. The number of aliphatic hydroxyl groups excluding tert-OH is 2. The van der Waals surface area contributed by atoms with E-state index in [0.29, 0.717) is 24.2 Å². The first-order chi connectivity index (χ1) is 17.3. The Balaban J connectivity index is 1.21. The Bertz CT molecular complexity index is 998. The minimum absolute atomic E-state index is 0.00144. The van der Waals surface area contributed by atoms with Crippen LogP contribution in [0.5, 0.6) is 0 Å². The zero-order valence-corrected chi connectivity index (χ0v) is 23.4. The van der Waals surface area contributed by atoms with Crippen molar-refractivity contribution < 1.29 is 34.0 Å². The van der Waals surface area contributed by atoms with E-state index in [-0.39, 0.29) is 46.9 Å². The number of hydrogen-bond donors (Lipinski definition) is 2. The lowest BCUT2D eigenvalue weighted by Crippen LogP contribution is -2.61. The summed E-state index contributed by atoms with van der Waals surface area (Å²) in [5.74, 6) is 0.523. The summed E-state index contributed by atoms with van der Waals surface area (Å²) in [5, 5.41) is 23.7. The molecular weight excluding hydrogens is 472 g/mol. The van der Waals surface area contributed by atoms with Crippen LogP contribution < -0.4 is 0 Å². The fraction of sp³-hybridized carbons (Fsp3) is 0.967. The van der Waals surface area contributed by atoms with Crippen LogP contribution in [0, 0.1) is 46.3 Å². The summed E-state index contributed by atoms with van der Waals surface area (Å²) in [6.45, 7) is 12.5. The molecule has 14 atom stereocenters. The van der Waals surface area contributed by atoms with E-state index >= 15 is 0 Å². The number of rotatable bonds is 1. The molecule has 0 radical (unpaired) electrons. The molecule has 3 aliphatic heterocycles. The van der Waals surface area contributed by atoms with Crippen molar-refractivity contribution >= 4 is 5.97 Å². The van der Waals surface area contributed by atoms with Gasteiger partial charge in [-0.1, -0.05) is 13.8 Å². The maximum atomic E-state index is 12.0. The molecule has 3 heterocycles. The minimum atomic E-state index is -0.915. The molecule has 7 nitrogen and oxygen atoms in total. The number of fused-ring (bicyclic) bond motifs is 5. The molecular formula is C30H46O7. The normalized spacial score (nSPS) is 61.1. The molecule has 7 rings (SSSR count). The Morgan fingerprint density at radius 1 is 1.00 bits per heavy atom.